The standard InChI is InChI=1S/C45H92/c1-18-24-30-37(9)41(13,31-25-19-2)43(15,33-27-21-4)45(17,35-29-23-6)44(16,34-28-22-5)42(14,32-26-20-3)40(12)39(11)38(10)36(7)8/h36-40H,18-35H2,1-17H3. The zero-order valence-corrected chi connectivity index (χ0v) is 35.1. The largest absolute Gasteiger partial charge is 0.0654 e. The monoisotopic (exact) mass is 633 g/mol. The predicted octanol–water partition coefficient (Wildman–Crippen LogP) is 16.4. The number of hydrogen-bond donors (Lipinski definition) is 0. The summed E-state index contributed by atoms with van der Waals surface area (Å²) < 4.78 is 0. The van der Waals surface area contributed by atoms with Gasteiger partial charge < -0.3 is 0 Å². The Morgan fingerprint density at radius 1 is 0.378 bits per heavy atom. The number of hydrogen-bond acceptors (Lipinski definition) is 0. The van der Waals surface area contributed by atoms with Crippen LogP contribution < -0.4 is 0 Å². The second-order valence-electron chi connectivity index (χ2n) is 18.1. The van der Waals surface area contributed by atoms with E-state index in [1.54, 1.807) is 0 Å². The summed E-state index contributed by atoms with van der Waals surface area (Å²) in [5, 5.41) is 0. The third kappa shape index (κ3) is 9.80. The maximum Gasteiger partial charge on any atom is -0.0207 e. The highest BCUT2D eigenvalue weighted by Gasteiger charge is 2.66. The van der Waals surface area contributed by atoms with E-state index in [4.69, 9.17) is 0 Å². The fourth-order valence-electron chi connectivity index (χ4n) is 10.8. The Hall–Kier alpha value is 0. The summed E-state index contributed by atoms with van der Waals surface area (Å²) in [6.45, 7) is 44.5. The van der Waals surface area contributed by atoms with E-state index in [0.29, 0.717) is 11.3 Å². The van der Waals surface area contributed by atoms with Gasteiger partial charge in [-0.25, -0.2) is 0 Å². The average molecular weight is 633 g/mol. The lowest BCUT2D eigenvalue weighted by molar-refractivity contribution is -0.222. The van der Waals surface area contributed by atoms with Crippen LogP contribution in [0, 0.1) is 56.7 Å². The molecule has 0 fully saturated rings. The van der Waals surface area contributed by atoms with E-state index >= 15 is 0 Å². The van der Waals surface area contributed by atoms with Gasteiger partial charge in [0.1, 0.15) is 0 Å². The molecule has 0 aromatic rings. The third-order valence-electron chi connectivity index (χ3n) is 15.9. The van der Waals surface area contributed by atoms with Crippen molar-refractivity contribution in [1.29, 1.82) is 0 Å². The first-order chi connectivity index (χ1) is 21.0. The van der Waals surface area contributed by atoms with Gasteiger partial charge in [-0.1, -0.05) is 201 Å². The zero-order valence-electron chi connectivity index (χ0n) is 35.1. The third-order valence-corrected chi connectivity index (χ3v) is 15.9. The summed E-state index contributed by atoms with van der Waals surface area (Å²) in [7, 11) is 0. The quantitative estimate of drug-likeness (QED) is 0.0845. The van der Waals surface area contributed by atoms with Gasteiger partial charge in [0.15, 0.2) is 0 Å². The second-order valence-corrected chi connectivity index (χ2v) is 18.1. The Kier molecular flexibility index (Phi) is 20.5. The van der Waals surface area contributed by atoms with Crippen LogP contribution in [0.3, 0.4) is 0 Å². The van der Waals surface area contributed by atoms with Crippen LogP contribution in [0.25, 0.3) is 0 Å². The van der Waals surface area contributed by atoms with Crippen LogP contribution in [-0.2, 0) is 0 Å². The van der Waals surface area contributed by atoms with Crippen molar-refractivity contribution in [2.45, 2.75) is 233 Å². The summed E-state index contributed by atoms with van der Waals surface area (Å²) in [4.78, 5) is 0. The highest BCUT2D eigenvalue weighted by atomic mass is 14.7. The predicted molar refractivity (Wildman–Crippen MR) is 209 cm³/mol. The van der Waals surface area contributed by atoms with Crippen molar-refractivity contribution in [3.63, 3.8) is 0 Å². The van der Waals surface area contributed by atoms with Gasteiger partial charge in [-0.15, -0.1) is 0 Å². The van der Waals surface area contributed by atoms with Crippen LogP contribution in [0.1, 0.15) is 233 Å². The van der Waals surface area contributed by atoms with Crippen molar-refractivity contribution in [3.05, 3.63) is 0 Å². The van der Waals surface area contributed by atoms with Gasteiger partial charge in [0.2, 0.25) is 0 Å². The molecule has 0 spiro atoms. The van der Waals surface area contributed by atoms with E-state index in [2.05, 4.69) is 118 Å². The van der Waals surface area contributed by atoms with Gasteiger partial charge in [-0.3, -0.25) is 0 Å². The van der Waals surface area contributed by atoms with Crippen LogP contribution in [0.15, 0.2) is 0 Å². The fraction of sp³-hybridized carbons (Fsp3) is 1.00. The van der Waals surface area contributed by atoms with Crippen LogP contribution in [-0.4, -0.2) is 0 Å². The molecule has 45 heavy (non-hydrogen) atoms. The highest BCUT2D eigenvalue weighted by molar-refractivity contribution is 5.15. The summed E-state index contributed by atoms with van der Waals surface area (Å²) >= 11 is 0. The summed E-state index contributed by atoms with van der Waals surface area (Å²) in [5.41, 5.74) is 1.40. The minimum atomic E-state index is 0.251. The molecular weight excluding hydrogens is 540 g/mol. The average Bonchev–Trinajstić information content (AvgIpc) is 3.03. The second kappa shape index (κ2) is 20.5. The lowest BCUT2D eigenvalue weighted by Crippen LogP contribution is -2.64. The first kappa shape index (κ1) is 45.0. The zero-order chi connectivity index (χ0) is 35.1. The molecule has 0 radical (unpaired) electrons. The first-order valence-electron chi connectivity index (χ1n) is 21.0. The number of rotatable bonds is 27. The van der Waals surface area contributed by atoms with E-state index in [9.17, 15) is 0 Å². The SMILES string of the molecule is CCCCC(C)C(C)(CCCC)C(C)(CCCC)C(C)(CCCC)C(C)(CCCC)C(C)(CCCC)C(C)C(C)C(C)C(C)C. The van der Waals surface area contributed by atoms with Gasteiger partial charge in [-0.2, -0.15) is 0 Å². The molecule has 0 nitrogen and oxygen atoms in total. The van der Waals surface area contributed by atoms with Crippen molar-refractivity contribution >= 4 is 0 Å². The van der Waals surface area contributed by atoms with Crippen molar-refractivity contribution in [3.8, 4) is 0 Å². The van der Waals surface area contributed by atoms with Crippen molar-refractivity contribution < 1.29 is 0 Å². The summed E-state index contributed by atoms with van der Waals surface area (Å²) in [6.07, 6.45) is 24.4. The van der Waals surface area contributed by atoms with Crippen molar-refractivity contribution in [2.24, 2.45) is 56.7 Å². The van der Waals surface area contributed by atoms with E-state index in [1.165, 1.54) is 116 Å². The molecule has 9 unspecified atom stereocenters. The molecule has 0 aliphatic rings. The van der Waals surface area contributed by atoms with Gasteiger partial charge >= 0.3 is 0 Å². The first-order valence-corrected chi connectivity index (χ1v) is 21.0. The summed E-state index contributed by atoms with van der Waals surface area (Å²) in [6, 6.07) is 0. The molecule has 0 N–H and O–H groups in total. The molecule has 0 heterocycles. The molecular formula is C45H92. The topological polar surface area (TPSA) is 0 Å². The Morgan fingerprint density at radius 2 is 0.711 bits per heavy atom. The van der Waals surface area contributed by atoms with Crippen LogP contribution in [0.4, 0.5) is 0 Å². The maximum absolute atomic E-state index is 2.90. The molecule has 0 aliphatic heterocycles. The normalized spacial score (nSPS) is 22.0. The van der Waals surface area contributed by atoms with Gasteiger partial charge in [0.25, 0.3) is 0 Å². The molecule has 0 aromatic carbocycles. The van der Waals surface area contributed by atoms with Crippen molar-refractivity contribution in [1.82, 2.24) is 0 Å². The maximum atomic E-state index is 2.90. The Labute approximate surface area is 289 Å². The molecule has 0 aliphatic carbocycles. The Balaban J connectivity index is 8.13. The van der Waals surface area contributed by atoms with Gasteiger partial charge in [-0.05, 0) is 88.8 Å². The molecule has 272 valence electrons. The van der Waals surface area contributed by atoms with Crippen LogP contribution in [0.2, 0.25) is 0 Å². The molecule has 0 amide bonds. The van der Waals surface area contributed by atoms with Gasteiger partial charge in [0.05, 0.1) is 0 Å². The molecule has 0 rings (SSSR count). The molecule has 0 aromatic heterocycles. The van der Waals surface area contributed by atoms with Gasteiger partial charge in [0, 0.05) is 0 Å². The van der Waals surface area contributed by atoms with E-state index in [1.807, 2.05) is 0 Å². The minimum absolute atomic E-state index is 0.251. The van der Waals surface area contributed by atoms with Crippen LogP contribution >= 0.6 is 0 Å². The molecule has 0 saturated carbocycles. The van der Waals surface area contributed by atoms with E-state index in [-0.39, 0.29) is 21.7 Å². The molecule has 0 bridgehead atoms. The molecule has 0 heteroatoms. The summed E-state index contributed by atoms with van der Waals surface area (Å²) in [5.74, 6) is 3.65. The van der Waals surface area contributed by atoms with E-state index < -0.39 is 0 Å². The lowest BCUT2D eigenvalue weighted by Gasteiger charge is -2.70. The molecule has 0 saturated heterocycles. The van der Waals surface area contributed by atoms with Crippen molar-refractivity contribution in [2.75, 3.05) is 0 Å². The van der Waals surface area contributed by atoms with E-state index in [0.717, 1.165) is 23.7 Å². The fourth-order valence-corrected chi connectivity index (χ4v) is 10.8. The Bertz CT molecular complexity index is 751. The van der Waals surface area contributed by atoms with Crippen LogP contribution in [0.5, 0.6) is 0 Å². The number of unbranched alkanes of at least 4 members (excludes halogenated alkanes) is 6. The minimum Gasteiger partial charge on any atom is -0.0654 e. The molecule has 9 atom stereocenters. The highest BCUT2D eigenvalue weighted by Crippen LogP contribution is 2.74. The lowest BCUT2D eigenvalue weighted by atomic mass is 9.34. The smallest absolute Gasteiger partial charge is 0.0207 e. The Morgan fingerprint density at radius 3 is 1.09 bits per heavy atom.